The highest BCUT2D eigenvalue weighted by Gasteiger charge is 2.20. The molecule has 0 saturated carbocycles. The van der Waals surface area contributed by atoms with Gasteiger partial charge in [-0.2, -0.15) is 5.12 Å². The number of hydrogen-bond donors (Lipinski definition) is 0. The van der Waals surface area contributed by atoms with Gasteiger partial charge in [-0.1, -0.05) is 16.1 Å². The number of alkyl halides is 2. The van der Waals surface area contributed by atoms with Crippen LogP contribution in [-0.2, 0) is 11.3 Å². The van der Waals surface area contributed by atoms with Crippen LogP contribution in [0.3, 0.4) is 0 Å². The summed E-state index contributed by atoms with van der Waals surface area (Å²) < 4.78 is 42.9. The quantitative estimate of drug-likeness (QED) is 0.801. The molecule has 4 nitrogen and oxygen atoms in total. The summed E-state index contributed by atoms with van der Waals surface area (Å²) in [5.74, 6) is 0. The SMILES string of the molecule is FC(F)c1cnc(COC2N=C(Cl)C=CN2F)s1. The molecule has 0 N–H and O–H groups in total. The van der Waals surface area contributed by atoms with E-state index in [0.717, 1.165) is 23.7 Å². The van der Waals surface area contributed by atoms with Crippen LogP contribution < -0.4 is 0 Å². The lowest BCUT2D eigenvalue weighted by atomic mass is 10.6. The summed E-state index contributed by atoms with van der Waals surface area (Å²) in [6.45, 7) is -0.121. The van der Waals surface area contributed by atoms with Crippen molar-refractivity contribution in [3.8, 4) is 0 Å². The van der Waals surface area contributed by atoms with Crippen molar-refractivity contribution >= 4 is 28.1 Å². The van der Waals surface area contributed by atoms with E-state index in [1.54, 1.807) is 0 Å². The zero-order valence-corrected chi connectivity index (χ0v) is 10.3. The number of thiazole rings is 1. The first-order chi connectivity index (χ1) is 8.56. The van der Waals surface area contributed by atoms with E-state index in [2.05, 4.69) is 9.98 Å². The van der Waals surface area contributed by atoms with Crippen LogP contribution in [-0.4, -0.2) is 21.6 Å². The second kappa shape index (κ2) is 5.68. The van der Waals surface area contributed by atoms with Gasteiger partial charge in [0.1, 0.15) is 16.8 Å². The Balaban J connectivity index is 1.93. The lowest BCUT2D eigenvalue weighted by Crippen LogP contribution is -2.28. The van der Waals surface area contributed by atoms with Crippen molar-refractivity contribution in [1.29, 1.82) is 0 Å². The van der Waals surface area contributed by atoms with Crippen LogP contribution in [0.15, 0.2) is 23.5 Å². The van der Waals surface area contributed by atoms with Gasteiger partial charge in [-0.15, -0.1) is 11.3 Å². The number of aromatic nitrogens is 1. The molecule has 1 aliphatic heterocycles. The number of aliphatic imine (C=N–C) groups is 1. The summed E-state index contributed by atoms with van der Waals surface area (Å²) >= 11 is 6.39. The maximum absolute atomic E-state index is 13.2. The molecule has 2 rings (SSSR count). The monoisotopic (exact) mass is 297 g/mol. The molecule has 0 aliphatic carbocycles. The fraction of sp³-hybridized carbons (Fsp3) is 0.333. The third-order valence-electron chi connectivity index (χ3n) is 1.94. The average molecular weight is 298 g/mol. The largest absolute Gasteiger partial charge is 0.330 e. The van der Waals surface area contributed by atoms with E-state index in [-0.39, 0.29) is 21.8 Å². The number of ether oxygens (including phenoxy) is 1. The summed E-state index contributed by atoms with van der Waals surface area (Å²) in [5.41, 5.74) is 0. The van der Waals surface area contributed by atoms with Crippen molar-refractivity contribution in [2.75, 3.05) is 0 Å². The summed E-state index contributed by atoms with van der Waals surface area (Å²) in [4.78, 5) is 7.26. The number of rotatable bonds is 4. The molecular formula is C9H7ClF3N3OS. The third kappa shape index (κ3) is 3.21. The average Bonchev–Trinajstić information content (AvgIpc) is 2.79. The predicted octanol–water partition coefficient (Wildman–Crippen LogP) is 3.23. The molecule has 0 aromatic carbocycles. The zero-order chi connectivity index (χ0) is 13.1. The number of allylic oxidation sites excluding steroid dienone is 1. The molecule has 1 aromatic rings. The molecule has 0 fully saturated rings. The van der Waals surface area contributed by atoms with E-state index in [1.165, 1.54) is 6.08 Å². The Morgan fingerprint density at radius 1 is 1.56 bits per heavy atom. The standard InChI is InChI=1S/C9H7ClF3N3OS/c10-6-1-2-16(13)9(15-6)17-4-7-14-3-5(18-7)8(11)12/h1-3,8-9H,4H2. The minimum atomic E-state index is -2.57. The van der Waals surface area contributed by atoms with Crippen LogP contribution in [0.1, 0.15) is 16.3 Å². The molecule has 1 aromatic heterocycles. The van der Waals surface area contributed by atoms with Gasteiger partial charge in [-0.3, -0.25) is 0 Å². The molecule has 0 spiro atoms. The smallest absolute Gasteiger partial charge is 0.274 e. The summed E-state index contributed by atoms with van der Waals surface area (Å²) in [5, 5.41) is 0.633. The highest BCUT2D eigenvalue weighted by atomic mass is 35.5. The minimum Gasteiger partial charge on any atom is -0.330 e. The minimum absolute atomic E-state index is 0.0984. The molecule has 2 heterocycles. The van der Waals surface area contributed by atoms with Gasteiger partial charge in [0.15, 0.2) is 0 Å². The Kier molecular flexibility index (Phi) is 4.20. The lowest BCUT2D eigenvalue weighted by molar-refractivity contribution is -0.125. The first-order valence-electron chi connectivity index (χ1n) is 4.76. The number of halogens is 4. The zero-order valence-electron chi connectivity index (χ0n) is 8.76. The van der Waals surface area contributed by atoms with Crippen molar-refractivity contribution in [3.63, 3.8) is 0 Å². The van der Waals surface area contributed by atoms with Gasteiger partial charge in [0.05, 0.1) is 4.88 Å². The van der Waals surface area contributed by atoms with E-state index in [1.807, 2.05) is 0 Å². The van der Waals surface area contributed by atoms with Gasteiger partial charge in [-0.05, 0) is 6.08 Å². The van der Waals surface area contributed by atoms with Crippen molar-refractivity contribution in [2.45, 2.75) is 19.4 Å². The Morgan fingerprint density at radius 2 is 2.33 bits per heavy atom. The van der Waals surface area contributed by atoms with E-state index >= 15 is 0 Å². The molecule has 9 heteroatoms. The van der Waals surface area contributed by atoms with Gasteiger partial charge in [0.25, 0.3) is 12.8 Å². The molecule has 18 heavy (non-hydrogen) atoms. The summed E-state index contributed by atoms with van der Waals surface area (Å²) in [6, 6.07) is 0. The van der Waals surface area contributed by atoms with Crippen molar-refractivity contribution in [2.24, 2.45) is 4.99 Å². The first-order valence-corrected chi connectivity index (χ1v) is 5.95. The first kappa shape index (κ1) is 13.3. The summed E-state index contributed by atoms with van der Waals surface area (Å²) in [6.07, 6.45) is -0.398. The number of nitrogens with zero attached hydrogens (tertiary/aromatic N) is 3. The fourth-order valence-corrected chi connectivity index (χ4v) is 2.00. The van der Waals surface area contributed by atoms with Crippen molar-refractivity contribution < 1.29 is 18.0 Å². The summed E-state index contributed by atoms with van der Waals surface area (Å²) in [7, 11) is 0. The van der Waals surface area contributed by atoms with Gasteiger partial charge in [0, 0.05) is 12.4 Å². The van der Waals surface area contributed by atoms with Gasteiger partial charge in [0.2, 0.25) is 0 Å². The van der Waals surface area contributed by atoms with E-state index in [9.17, 15) is 13.3 Å². The highest BCUT2D eigenvalue weighted by molar-refractivity contribution is 7.11. The Hall–Kier alpha value is -1.12. The van der Waals surface area contributed by atoms with Gasteiger partial charge >= 0.3 is 0 Å². The topological polar surface area (TPSA) is 37.7 Å². The molecule has 98 valence electrons. The van der Waals surface area contributed by atoms with E-state index in [0.29, 0.717) is 5.01 Å². The molecule has 1 atom stereocenters. The van der Waals surface area contributed by atoms with Crippen LogP contribution in [0.25, 0.3) is 0 Å². The van der Waals surface area contributed by atoms with Crippen LogP contribution in [0, 0.1) is 0 Å². The lowest BCUT2D eigenvalue weighted by Gasteiger charge is -2.20. The normalized spacial score (nSPS) is 19.5. The fourth-order valence-electron chi connectivity index (χ4n) is 1.16. The molecule has 0 amide bonds. The molecule has 1 unspecified atom stereocenters. The van der Waals surface area contributed by atoms with Crippen molar-refractivity contribution in [3.05, 3.63) is 28.4 Å². The Labute approximate surface area is 109 Å². The van der Waals surface area contributed by atoms with Crippen molar-refractivity contribution in [1.82, 2.24) is 10.1 Å². The predicted molar refractivity (Wildman–Crippen MR) is 61.0 cm³/mol. The van der Waals surface area contributed by atoms with Crippen LogP contribution >= 0.6 is 22.9 Å². The van der Waals surface area contributed by atoms with Gasteiger partial charge in [-0.25, -0.2) is 18.8 Å². The molecular weight excluding hydrogens is 291 g/mol. The highest BCUT2D eigenvalue weighted by Crippen LogP contribution is 2.25. The van der Waals surface area contributed by atoms with E-state index < -0.39 is 12.8 Å². The number of hydrogen-bond acceptors (Lipinski definition) is 5. The Bertz CT molecular complexity index is 479. The van der Waals surface area contributed by atoms with Crippen LogP contribution in [0.2, 0.25) is 0 Å². The second-order valence-electron chi connectivity index (χ2n) is 3.21. The molecule has 1 aliphatic rings. The third-order valence-corrected chi connectivity index (χ3v) is 3.14. The molecule has 0 bridgehead atoms. The van der Waals surface area contributed by atoms with Crippen LogP contribution in [0.4, 0.5) is 13.3 Å². The molecule has 0 saturated heterocycles. The Morgan fingerprint density at radius 3 is 3.00 bits per heavy atom. The molecule has 0 radical (unpaired) electrons. The maximum atomic E-state index is 13.2. The van der Waals surface area contributed by atoms with Crippen LogP contribution in [0.5, 0.6) is 0 Å². The maximum Gasteiger partial charge on any atom is 0.274 e. The van der Waals surface area contributed by atoms with Gasteiger partial charge < -0.3 is 4.74 Å². The second-order valence-corrected chi connectivity index (χ2v) is 4.74. The van der Waals surface area contributed by atoms with E-state index in [4.69, 9.17) is 16.3 Å².